The van der Waals surface area contributed by atoms with Crippen molar-refractivity contribution in [1.82, 2.24) is 9.78 Å². The van der Waals surface area contributed by atoms with Crippen LogP contribution in [0.1, 0.15) is 37.9 Å². The molecule has 1 aromatic heterocycles. The van der Waals surface area contributed by atoms with E-state index in [0.717, 1.165) is 48.7 Å². The molecule has 0 aliphatic carbocycles. The molecule has 20 heavy (non-hydrogen) atoms. The van der Waals surface area contributed by atoms with Crippen LogP contribution in [0.4, 0.5) is 17.2 Å². The summed E-state index contributed by atoms with van der Waals surface area (Å²) in [6, 6.07) is 8.39. The molecule has 0 saturated heterocycles. The SMILES string of the molecule is CCCc1ccccc1Nc1c(N)c(C)nn1CCC. The fourth-order valence-corrected chi connectivity index (χ4v) is 2.36. The molecule has 2 aromatic rings. The van der Waals surface area contributed by atoms with Crippen molar-refractivity contribution in [3.05, 3.63) is 35.5 Å². The van der Waals surface area contributed by atoms with E-state index in [4.69, 9.17) is 5.73 Å². The Kier molecular flexibility index (Phi) is 4.66. The standard InChI is InChI=1S/C16H24N4/c1-4-8-13-9-6-7-10-14(13)18-16-15(17)12(3)19-20(16)11-5-2/h6-7,9-10,18H,4-5,8,11,17H2,1-3H3. The Morgan fingerprint density at radius 1 is 1.20 bits per heavy atom. The van der Waals surface area contributed by atoms with Crippen LogP contribution in [0, 0.1) is 6.92 Å². The van der Waals surface area contributed by atoms with Crippen LogP contribution in [0.15, 0.2) is 24.3 Å². The molecule has 4 nitrogen and oxygen atoms in total. The van der Waals surface area contributed by atoms with Gasteiger partial charge < -0.3 is 11.1 Å². The van der Waals surface area contributed by atoms with Gasteiger partial charge in [0.15, 0.2) is 5.82 Å². The van der Waals surface area contributed by atoms with Crippen molar-refractivity contribution in [2.75, 3.05) is 11.1 Å². The third-order valence-electron chi connectivity index (χ3n) is 3.40. The lowest BCUT2D eigenvalue weighted by Gasteiger charge is -2.13. The van der Waals surface area contributed by atoms with E-state index in [1.54, 1.807) is 0 Å². The van der Waals surface area contributed by atoms with Gasteiger partial charge in [0.05, 0.1) is 11.4 Å². The molecule has 0 bridgehead atoms. The molecule has 108 valence electrons. The molecule has 0 spiro atoms. The van der Waals surface area contributed by atoms with Crippen LogP contribution in [-0.4, -0.2) is 9.78 Å². The molecule has 0 unspecified atom stereocenters. The van der Waals surface area contributed by atoms with E-state index in [2.05, 4.69) is 42.5 Å². The average Bonchev–Trinajstić information content (AvgIpc) is 2.69. The normalized spacial score (nSPS) is 10.8. The van der Waals surface area contributed by atoms with Gasteiger partial charge in [-0.15, -0.1) is 0 Å². The first-order valence-corrected chi connectivity index (χ1v) is 7.35. The number of nitrogen functional groups attached to an aromatic ring is 1. The Labute approximate surface area is 121 Å². The van der Waals surface area contributed by atoms with Crippen molar-refractivity contribution in [2.24, 2.45) is 0 Å². The van der Waals surface area contributed by atoms with Gasteiger partial charge in [-0.25, -0.2) is 4.68 Å². The number of anilines is 3. The van der Waals surface area contributed by atoms with E-state index < -0.39 is 0 Å². The highest BCUT2D eigenvalue weighted by molar-refractivity contribution is 5.72. The molecule has 1 aromatic carbocycles. The number of hydrogen-bond donors (Lipinski definition) is 2. The van der Waals surface area contributed by atoms with Gasteiger partial charge >= 0.3 is 0 Å². The van der Waals surface area contributed by atoms with E-state index in [0.29, 0.717) is 0 Å². The number of aryl methyl sites for hydroxylation is 3. The number of para-hydroxylation sites is 1. The molecule has 0 saturated carbocycles. The summed E-state index contributed by atoms with van der Waals surface area (Å²) in [5.74, 6) is 0.910. The van der Waals surface area contributed by atoms with Crippen LogP contribution in [0.3, 0.4) is 0 Å². The van der Waals surface area contributed by atoms with Crippen molar-refractivity contribution < 1.29 is 0 Å². The quantitative estimate of drug-likeness (QED) is 0.839. The maximum Gasteiger partial charge on any atom is 0.152 e. The first kappa shape index (κ1) is 14.4. The van der Waals surface area contributed by atoms with Crippen LogP contribution in [-0.2, 0) is 13.0 Å². The molecule has 0 atom stereocenters. The molecule has 2 rings (SSSR count). The van der Waals surface area contributed by atoms with Gasteiger partial charge in [-0.2, -0.15) is 5.10 Å². The van der Waals surface area contributed by atoms with Crippen LogP contribution >= 0.6 is 0 Å². The number of rotatable bonds is 6. The summed E-state index contributed by atoms with van der Waals surface area (Å²) in [6.45, 7) is 7.15. The minimum Gasteiger partial charge on any atom is -0.394 e. The fraction of sp³-hybridized carbons (Fsp3) is 0.438. The number of nitrogens with zero attached hydrogens (tertiary/aromatic N) is 2. The summed E-state index contributed by atoms with van der Waals surface area (Å²) >= 11 is 0. The van der Waals surface area contributed by atoms with Crippen molar-refractivity contribution in [3.8, 4) is 0 Å². The summed E-state index contributed by atoms with van der Waals surface area (Å²) in [4.78, 5) is 0. The van der Waals surface area contributed by atoms with Crippen molar-refractivity contribution in [3.63, 3.8) is 0 Å². The smallest absolute Gasteiger partial charge is 0.152 e. The van der Waals surface area contributed by atoms with Gasteiger partial charge in [0, 0.05) is 12.2 Å². The van der Waals surface area contributed by atoms with Gasteiger partial charge in [-0.05, 0) is 31.4 Å². The van der Waals surface area contributed by atoms with Crippen LogP contribution in [0.25, 0.3) is 0 Å². The van der Waals surface area contributed by atoms with E-state index in [9.17, 15) is 0 Å². The minimum absolute atomic E-state index is 0.741. The second kappa shape index (κ2) is 6.46. The van der Waals surface area contributed by atoms with Gasteiger partial charge in [0.25, 0.3) is 0 Å². The lowest BCUT2D eigenvalue weighted by molar-refractivity contribution is 0.605. The molecule has 4 heteroatoms. The summed E-state index contributed by atoms with van der Waals surface area (Å²) in [5, 5.41) is 7.98. The maximum absolute atomic E-state index is 6.16. The van der Waals surface area contributed by atoms with Gasteiger partial charge in [0.2, 0.25) is 0 Å². The fourth-order valence-electron chi connectivity index (χ4n) is 2.36. The molecule has 0 radical (unpaired) electrons. The highest BCUT2D eigenvalue weighted by atomic mass is 15.3. The highest BCUT2D eigenvalue weighted by Gasteiger charge is 2.13. The molecular formula is C16H24N4. The van der Waals surface area contributed by atoms with Crippen molar-refractivity contribution >= 4 is 17.2 Å². The molecule has 3 N–H and O–H groups in total. The van der Waals surface area contributed by atoms with Crippen LogP contribution in [0.2, 0.25) is 0 Å². The molecule has 0 aliphatic heterocycles. The third-order valence-corrected chi connectivity index (χ3v) is 3.40. The molecule has 1 heterocycles. The van der Waals surface area contributed by atoms with Crippen molar-refractivity contribution in [2.45, 2.75) is 46.6 Å². The van der Waals surface area contributed by atoms with E-state index in [1.165, 1.54) is 5.56 Å². The van der Waals surface area contributed by atoms with E-state index >= 15 is 0 Å². The van der Waals surface area contributed by atoms with Crippen LogP contribution < -0.4 is 11.1 Å². The summed E-state index contributed by atoms with van der Waals surface area (Å²) in [6.07, 6.45) is 3.22. The second-order valence-corrected chi connectivity index (χ2v) is 5.10. The maximum atomic E-state index is 6.16. The zero-order chi connectivity index (χ0) is 14.5. The zero-order valence-corrected chi connectivity index (χ0v) is 12.6. The van der Waals surface area contributed by atoms with E-state index in [1.807, 2.05) is 17.7 Å². The predicted molar refractivity (Wildman–Crippen MR) is 85.4 cm³/mol. The Morgan fingerprint density at radius 3 is 2.65 bits per heavy atom. The Balaban J connectivity index is 2.34. The summed E-state index contributed by atoms with van der Waals surface area (Å²) < 4.78 is 1.97. The topological polar surface area (TPSA) is 55.9 Å². The zero-order valence-electron chi connectivity index (χ0n) is 12.6. The lowest BCUT2D eigenvalue weighted by atomic mass is 10.1. The Bertz CT molecular complexity index is 572. The number of aromatic nitrogens is 2. The number of benzene rings is 1. The Morgan fingerprint density at radius 2 is 1.95 bits per heavy atom. The Hall–Kier alpha value is -1.97. The van der Waals surface area contributed by atoms with E-state index in [-0.39, 0.29) is 0 Å². The molecule has 0 aliphatic rings. The number of nitrogens with one attached hydrogen (secondary N) is 1. The predicted octanol–water partition coefficient (Wildman–Crippen LogP) is 3.88. The summed E-state index contributed by atoms with van der Waals surface area (Å²) in [7, 11) is 0. The largest absolute Gasteiger partial charge is 0.394 e. The lowest BCUT2D eigenvalue weighted by Crippen LogP contribution is -2.07. The average molecular weight is 272 g/mol. The van der Waals surface area contributed by atoms with Crippen LogP contribution in [0.5, 0.6) is 0 Å². The second-order valence-electron chi connectivity index (χ2n) is 5.10. The summed E-state index contributed by atoms with van der Waals surface area (Å²) in [5.41, 5.74) is 10.2. The first-order valence-electron chi connectivity index (χ1n) is 7.35. The van der Waals surface area contributed by atoms with Crippen molar-refractivity contribution in [1.29, 1.82) is 0 Å². The first-order chi connectivity index (χ1) is 9.67. The molecule has 0 fully saturated rings. The van der Waals surface area contributed by atoms with Gasteiger partial charge in [0.1, 0.15) is 0 Å². The molecular weight excluding hydrogens is 248 g/mol. The number of nitrogens with two attached hydrogens (primary N) is 1. The van der Waals surface area contributed by atoms with Gasteiger partial charge in [-0.3, -0.25) is 0 Å². The third kappa shape index (κ3) is 2.95. The number of hydrogen-bond acceptors (Lipinski definition) is 3. The van der Waals surface area contributed by atoms with Gasteiger partial charge in [-0.1, -0.05) is 38.5 Å². The minimum atomic E-state index is 0.741. The highest BCUT2D eigenvalue weighted by Crippen LogP contribution is 2.28. The molecule has 0 amide bonds. The monoisotopic (exact) mass is 272 g/mol.